The van der Waals surface area contributed by atoms with Crippen LogP contribution in [0.2, 0.25) is 0 Å². The van der Waals surface area contributed by atoms with Gasteiger partial charge in [-0.2, -0.15) is 0 Å². The fraction of sp³-hybridized carbons (Fsp3) is 0.143. The first-order chi connectivity index (χ1) is 9.25. The summed E-state index contributed by atoms with van der Waals surface area (Å²) in [6.07, 6.45) is 5.00. The van der Waals surface area contributed by atoms with Crippen LogP contribution < -0.4 is 4.90 Å². The summed E-state index contributed by atoms with van der Waals surface area (Å²) < 4.78 is 10.9. The summed E-state index contributed by atoms with van der Waals surface area (Å²) in [5.74, 6) is 2.04. The van der Waals surface area contributed by atoms with Gasteiger partial charge in [-0.05, 0) is 24.3 Å². The van der Waals surface area contributed by atoms with Gasteiger partial charge in [0.15, 0.2) is 5.76 Å². The van der Waals surface area contributed by atoms with E-state index in [1.54, 1.807) is 18.7 Å². The molecule has 96 valence electrons. The molecule has 0 amide bonds. The molecule has 0 aliphatic heterocycles. The van der Waals surface area contributed by atoms with Crippen LogP contribution >= 0.6 is 0 Å². The average Bonchev–Trinajstić information content (AvgIpc) is 3.11. The molecule has 0 spiro atoms. The van der Waals surface area contributed by atoms with Crippen LogP contribution in [0.25, 0.3) is 22.8 Å². The predicted octanol–water partition coefficient (Wildman–Crippen LogP) is 3.06. The molecule has 3 rings (SSSR count). The Kier molecular flexibility index (Phi) is 2.79. The summed E-state index contributed by atoms with van der Waals surface area (Å²) >= 11 is 0. The average molecular weight is 255 g/mol. The van der Waals surface area contributed by atoms with E-state index < -0.39 is 0 Å². The molecule has 0 aliphatic rings. The van der Waals surface area contributed by atoms with Crippen LogP contribution in [0.3, 0.4) is 0 Å². The quantitative estimate of drug-likeness (QED) is 0.720. The van der Waals surface area contributed by atoms with Crippen LogP contribution in [0.1, 0.15) is 0 Å². The second-order valence-electron chi connectivity index (χ2n) is 4.28. The predicted molar refractivity (Wildman–Crippen MR) is 71.8 cm³/mol. The number of rotatable bonds is 3. The van der Waals surface area contributed by atoms with Gasteiger partial charge in [-0.15, -0.1) is 0 Å². The zero-order valence-electron chi connectivity index (χ0n) is 10.7. The Morgan fingerprint density at radius 3 is 2.26 bits per heavy atom. The van der Waals surface area contributed by atoms with Crippen molar-refractivity contribution in [3.8, 4) is 22.8 Å². The van der Waals surface area contributed by atoms with E-state index in [4.69, 9.17) is 8.83 Å². The molecule has 0 saturated heterocycles. The highest BCUT2D eigenvalue weighted by molar-refractivity contribution is 5.75. The van der Waals surface area contributed by atoms with Crippen LogP contribution in [-0.2, 0) is 0 Å². The molecule has 0 saturated carbocycles. The van der Waals surface area contributed by atoms with Gasteiger partial charge in [-0.3, -0.25) is 0 Å². The van der Waals surface area contributed by atoms with Gasteiger partial charge >= 0.3 is 0 Å². The number of furan rings is 2. The Morgan fingerprint density at radius 1 is 1.00 bits per heavy atom. The van der Waals surface area contributed by atoms with Gasteiger partial charge in [-0.1, -0.05) is 0 Å². The third kappa shape index (κ3) is 2.10. The first kappa shape index (κ1) is 11.5. The van der Waals surface area contributed by atoms with Gasteiger partial charge in [0.05, 0.1) is 18.1 Å². The maximum absolute atomic E-state index is 5.44. The molecule has 5 nitrogen and oxygen atoms in total. The summed E-state index contributed by atoms with van der Waals surface area (Å²) in [6.45, 7) is 0. The van der Waals surface area contributed by atoms with Crippen molar-refractivity contribution in [2.24, 2.45) is 0 Å². The standard InChI is InChI=1S/C14H13N3O2/c1-17(2)14-15-9-10(11-5-3-7-18-11)13(16-14)12-6-4-8-19-12/h3-9H,1-2H3. The molecule has 5 heteroatoms. The molecule has 0 aliphatic carbocycles. The monoisotopic (exact) mass is 255 g/mol. The molecule has 3 heterocycles. The number of aromatic nitrogens is 2. The fourth-order valence-electron chi connectivity index (χ4n) is 1.80. The summed E-state index contributed by atoms with van der Waals surface area (Å²) in [7, 11) is 3.79. The second-order valence-corrected chi connectivity index (χ2v) is 4.28. The van der Waals surface area contributed by atoms with Crippen molar-refractivity contribution in [1.29, 1.82) is 0 Å². The van der Waals surface area contributed by atoms with Crippen molar-refractivity contribution in [2.45, 2.75) is 0 Å². The van der Waals surface area contributed by atoms with E-state index in [0.717, 1.165) is 17.0 Å². The van der Waals surface area contributed by atoms with E-state index in [9.17, 15) is 0 Å². The molecule has 0 aromatic carbocycles. The molecule has 0 N–H and O–H groups in total. The first-order valence-corrected chi connectivity index (χ1v) is 5.88. The summed E-state index contributed by atoms with van der Waals surface area (Å²) in [4.78, 5) is 10.7. The Morgan fingerprint density at radius 2 is 1.68 bits per heavy atom. The van der Waals surface area contributed by atoms with Crippen LogP contribution in [0.5, 0.6) is 0 Å². The van der Waals surface area contributed by atoms with Crippen molar-refractivity contribution in [3.63, 3.8) is 0 Å². The van der Waals surface area contributed by atoms with Crippen LogP contribution in [-0.4, -0.2) is 24.1 Å². The van der Waals surface area contributed by atoms with E-state index >= 15 is 0 Å². The molecule has 19 heavy (non-hydrogen) atoms. The third-order valence-electron chi connectivity index (χ3n) is 2.72. The minimum atomic E-state index is 0.627. The number of anilines is 1. The summed E-state index contributed by atoms with van der Waals surface area (Å²) in [6, 6.07) is 7.41. The number of nitrogens with zero attached hydrogens (tertiary/aromatic N) is 3. The maximum atomic E-state index is 5.44. The van der Waals surface area contributed by atoms with Crippen molar-refractivity contribution >= 4 is 5.95 Å². The molecular weight excluding hydrogens is 242 g/mol. The molecule has 0 fully saturated rings. The number of hydrogen-bond donors (Lipinski definition) is 0. The lowest BCUT2D eigenvalue weighted by Gasteiger charge is -2.12. The highest BCUT2D eigenvalue weighted by Gasteiger charge is 2.16. The summed E-state index contributed by atoms with van der Waals surface area (Å²) in [5.41, 5.74) is 1.53. The van der Waals surface area contributed by atoms with Gasteiger partial charge in [0.2, 0.25) is 5.95 Å². The molecule has 0 radical (unpaired) electrons. The lowest BCUT2D eigenvalue weighted by molar-refractivity contribution is 0.573. The highest BCUT2D eigenvalue weighted by atomic mass is 16.3. The minimum Gasteiger partial charge on any atom is -0.464 e. The second kappa shape index (κ2) is 4.61. The molecule has 3 aromatic heterocycles. The van der Waals surface area contributed by atoms with E-state index in [1.807, 2.05) is 43.3 Å². The Balaban J connectivity index is 2.19. The van der Waals surface area contributed by atoms with E-state index in [-0.39, 0.29) is 0 Å². The van der Waals surface area contributed by atoms with E-state index in [0.29, 0.717) is 11.7 Å². The van der Waals surface area contributed by atoms with Gasteiger partial charge in [0.1, 0.15) is 11.5 Å². The summed E-state index contributed by atoms with van der Waals surface area (Å²) in [5, 5.41) is 0. The highest BCUT2D eigenvalue weighted by Crippen LogP contribution is 2.31. The van der Waals surface area contributed by atoms with Crippen LogP contribution in [0.15, 0.2) is 51.8 Å². The smallest absolute Gasteiger partial charge is 0.225 e. The topological polar surface area (TPSA) is 55.3 Å². The zero-order chi connectivity index (χ0) is 13.2. The molecule has 0 unspecified atom stereocenters. The Bertz CT molecular complexity index is 658. The van der Waals surface area contributed by atoms with Gasteiger partial charge < -0.3 is 13.7 Å². The minimum absolute atomic E-state index is 0.627. The molecular formula is C14H13N3O2. The van der Waals surface area contributed by atoms with Gasteiger partial charge in [-0.25, -0.2) is 9.97 Å². The maximum Gasteiger partial charge on any atom is 0.225 e. The number of hydrogen-bond acceptors (Lipinski definition) is 5. The fourth-order valence-corrected chi connectivity index (χ4v) is 1.80. The van der Waals surface area contributed by atoms with Crippen molar-refractivity contribution < 1.29 is 8.83 Å². The normalized spacial score (nSPS) is 10.6. The third-order valence-corrected chi connectivity index (χ3v) is 2.72. The van der Waals surface area contributed by atoms with Gasteiger partial charge in [0, 0.05) is 20.3 Å². The SMILES string of the molecule is CN(C)c1ncc(-c2ccco2)c(-c2ccco2)n1. The van der Waals surface area contributed by atoms with Crippen molar-refractivity contribution in [1.82, 2.24) is 9.97 Å². The van der Waals surface area contributed by atoms with E-state index in [1.165, 1.54) is 0 Å². The van der Waals surface area contributed by atoms with Crippen LogP contribution in [0.4, 0.5) is 5.95 Å². The molecule has 0 atom stereocenters. The Hall–Kier alpha value is -2.56. The van der Waals surface area contributed by atoms with E-state index in [2.05, 4.69) is 9.97 Å². The lowest BCUT2D eigenvalue weighted by atomic mass is 10.1. The largest absolute Gasteiger partial charge is 0.464 e. The van der Waals surface area contributed by atoms with Crippen molar-refractivity contribution in [2.75, 3.05) is 19.0 Å². The lowest BCUT2D eigenvalue weighted by Crippen LogP contribution is -2.13. The molecule has 0 bridgehead atoms. The first-order valence-electron chi connectivity index (χ1n) is 5.88. The van der Waals surface area contributed by atoms with Gasteiger partial charge in [0.25, 0.3) is 0 Å². The Labute approximate surface area is 110 Å². The zero-order valence-corrected chi connectivity index (χ0v) is 10.7. The van der Waals surface area contributed by atoms with Crippen molar-refractivity contribution in [3.05, 3.63) is 43.0 Å². The van der Waals surface area contributed by atoms with Crippen LogP contribution in [0, 0.1) is 0 Å². The molecule has 3 aromatic rings.